The zero-order valence-electron chi connectivity index (χ0n) is 13.9. The molecule has 0 radical (unpaired) electrons. The molecule has 0 bridgehead atoms. The highest BCUT2D eigenvalue weighted by atomic mass is 15.2. The average molecular weight is 292 g/mol. The van der Waals surface area contributed by atoms with Crippen molar-refractivity contribution in [3.8, 4) is 0 Å². The van der Waals surface area contributed by atoms with E-state index >= 15 is 0 Å². The van der Waals surface area contributed by atoms with Crippen LogP contribution in [-0.2, 0) is 0 Å². The lowest BCUT2D eigenvalue weighted by Gasteiger charge is -2.33. The molecular weight excluding hydrogens is 260 g/mol. The summed E-state index contributed by atoms with van der Waals surface area (Å²) in [5, 5.41) is 6.87. The minimum Gasteiger partial charge on any atom is -0.356 e. The average Bonchev–Trinajstić information content (AvgIpc) is 3.26. The second kappa shape index (κ2) is 9.61. The first kappa shape index (κ1) is 17.8. The summed E-state index contributed by atoms with van der Waals surface area (Å²) in [5.74, 6) is 2.31. The van der Waals surface area contributed by atoms with Crippen LogP contribution in [0.1, 0.15) is 26.7 Å². The van der Waals surface area contributed by atoms with Gasteiger partial charge in [-0.05, 0) is 24.7 Å². The van der Waals surface area contributed by atoms with E-state index in [1.165, 1.54) is 12.8 Å². The summed E-state index contributed by atoms with van der Waals surface area (Å²) >= 11 is 0. The minimum absolute atomic E-state index is 0.431. The normalized spacial score (nSPS) is 16.9. The predicted molar refractivity (Wildman–Crippen MR) is 92.7 cm³/mol. The van der Waals surface area contributed by atoms with E-state index in [0.717, 1.165) is 38.1 Å². The van der Waals surface area contributed by atoms with Crippen molar-refractivity contribution in [2.75, 3.05) is 33.2 Å². The second-order valence-corrected chi connectivity index (χ2v) is 6.12. The van der Waals surface area contributed by atoms with Gasteiger partial charge in [-0.25, -0.2) is 0 Å². The number of aliphatic imine (C=N–C) groups is 1. The van der Waals surface area contributed by atoms with E-state index in [1.54, 1.807) is 0 Å². The van der Waals surface area contributed by atoms with Gasteiger partial charge in [0.15, 0.2) is 5.96 Å². The molecule has 0 heterocycles. The van der Waals surface area contributed by atoms with Crippen molar-refractivity contribution >= 4 is 5.96 Å². The molecule has 1 aliphatic carbocycles. The van der Waals surface area contributed by atoms with Gasteiger partial charge in [-0.2, -0.15) is 0 Å². The van der Waals surface area contributed by atoms with Crippen LogP contribution in [0.2, 0.25) is 0 Å². The molecule has 4 nitrogen and oxygen atoms in total. The third-order valence-corrected chi connectivity index (χ3v) is 3.92. The van der Waals surface area contributed by atoms with Crippen LogP contribution in [0.5, 0.6) is 0 Å². The van der Waals surface area contributed by atoms with Gasteiger partial charge in [-0.15, -0.1) is 13.2 Å². The lowest BCUT2D eigenvalue weighted by molar-refractivity contribution is 0.190. The van der Waals surface area contributed by atoms with Gasteiger partial charge in [0.2, 0.25) is 0 Å². The molecule has 0 amide bonds. The lowest BCUT2D eigenvalue weighted by Crippen LogP contribution is -2.49. The molecule has 2 N–H and O–H groups in total. The number of hydrogen-bond acceptors (Lipinski definition) is 2. The number of rotatable bonds is 10. The summed E-state index contributed by atoms with van der Waals surface area (Å²) in [6.45, 7) is 15.9. The Bertz CT molecular complexity index is 335. The van der Waals surface area contributed by atoms with Crippen LogP contribution in [-0.4, -0.2) is 50.1 Å². The molecule has 1 rings (SSSR count). The Hall–Kier alpha value is -1.29. The van der Waals surface area contributed by atoms with Crippen molar-refractivity contribution in [3.63, 3.8) is 0 Å². The van der Waals surface area contributed by atoms with Crippen molar-refractivity contribution < 1.29 is 0 Å². The van der Waals surface area contributed by atoms with Crippen molar-refractivity contribution in [1.82, 2.24) is 15.5 Å². The Morgan fingerprint density at radius 2 is 1.86 bits per heavy atom. The smallest absolute Gasteiger partial charge is 0.191 e. The number of guanidine groups is 1. The predicted octanol–water partition coefficient (Wildman–Crippen LogP) is 2.26. The van der Waals surface area contributed by atoms with E-state index in [1.807, 2.05) is 19.2 Å². The molecular formula is C17H32N4. The Morgan fingerprint density at radius 3 is 2.29 bits per heavy atom. The van der Waals surface area contributed by atoms with Crippen LogP contribution in [0.4, 0.5) is 0 Å². The molecule has 0 aromatic rings. The van der Waals surface area contributed by atoms with E-state index < -0.39 is 0 Å². The van der Waals surface area contributed by atoms with Gasteiger partial charge < -0.3 is 10.6 Å². The SMILES string of the molecule is C=CCN(CC=C)C(CNC(=NC)NCC1CC1)C(C)C. The molecule has 120 valence electrons. The number of hydrogen-bond donors (Lipinski definition) is 2. The zero-order valence-corrected chi connectivity index (χ0v) is 13.9. The number of nitrogens with zero attached hydrogens (tertiary/aromatic N) is 2. The fraction of sp³-hybridized carbons (Fsp3) is 0.706. The molecule has 0 aromatic heterocycles. The lowest BCUT2D eigenvalue weighted by atomic mass is 10.0. The summed E-state index contributed by atoms with van der Waals surface area (Å²) < 4.78 is 0. The quantitative estimate of drug-likeness (QED) is 0.369. The summed E-state index contributed by atoms with van der Waals surface area (Å²) in [4.78, 5) is 6.70. The molecule has 1 fully saturated rings. The maximum atomic E-state index is 4.31. The van der Waals surface area contributed by atoms with E-state index in [0.29, 0.717) is 12.0 Å². The fourth-order valence-electron chi connectivity index (χ4n) is 2.45. The molecule has 1 unspecified atom stereocenters. The van der Waals surface area contributed by atoms with Crippen LogP contribution in [0.3, 0.4) is 0 Å². The van der Waals surface area contributed by atoms with Gasteiger partial charge in [0.1, 0.15) is 0 Å². The van der Waals surface area contributed by atoms with Gasteiger partial charge in [0.05, 0.1) is 0 Å². The summed E-state index contributed by atoms with van der Waals surface area (Å²) in [6.07, 6.45) is 6.62. The topological polar surface area (TPSA) is 39.7 Å². The van der Waals surface area contributed by atoms with Crippen molar-refractivity contribution in [3.05, 3.63) is 25.3 Å². The highest BCUT2D eigenvalue weighted by molar-refractivity contribution is 5.79. The molecule has 0 spiro atoms. The molecule has 1 atom stereocenters. The van der Waals surface area contributed by atoms with E-state index in [9.17, 15) is 0 Å². The third-order valence-electron chi connectivity index (χ3n) is 3.92. The maximum absolute atomic E-state index is 4.31. The standard InChI is InChI=1S/C17H32N4/c1-6-10-21(11-7-2)16(14(3)4)13-20-17(18-5)19-12-15-8-9-15/h6-7,14-16H,1-2,8-13H2,3-5H3,(H2,18,19,20). The Balaban J connectivity index is 2.50. The van der Waals surface area contributed by atoms with Gasteiger partial charge in [0.25, 0.3) is 0 Å². The van der Waals surface area contributed by atoms with Gasteiger partial charge in [-0.1, -0.05) is 26.0 Å². The molecule has 0 aromatic carbocycles. The van der Waals surface area contributed by atoms with Crippen molar-refractivity contribution in [2.45, 2.75) is 32.7 Å². The minimum atomic E-state index is 0.431. The Kier molecular flexibility index (Phi) is 8.13. The van der Waals surface area contributed by atoms with E-state index in [-0.39, 0.29) is 0 Å². The van der Waals surface area contributed by atoms with Crippen molar-refractivity contribution in [2.24, 2.45) is 16.8 Å². The summed E-state index contributed by atoms with van der Waals surface area (Å²) in [6, 6.07) is 0.431. The second-order valence-electron chi connectivity index (χ2n) is 6.12. The van der Waals surface area contributed by atoms with E-state index in [4.69, 9.17) is 0 Å². The highest BCUT2D eigenvalue weighted by Crippen LogP contribution is 2.27. The molecule has 4 heteroatoms. The Labute approximate surface area is 130 Å². The maximum Gasteiger partial charge on any atom is 0.191 e. The van der Waals surface area contributed by atoms with Crippen molar-refractivity contribution in [1.29, 1.82) is 0 Å². The molecule has 1 saturated carbocycles. The summed E-state index contributed by atoms with van der Waals surface area (Å²) in [5.41, 5.74) is 0. The summed E-state index contributed by atoms with van der Waals surface area (Å²) in [7, 11) is 1.83. The largest absolute Gasteiger partial charge is 0.356 e. The first-order valence-electron chi connectivity index (χ1n) is 8.02. The number of nitrogens with one attached hydrogen (secondary N) is 2. The van der Waals surface area contributed by atoms with Crippen LogP contribution < -0.4 is 10.6 Å². The zero-order chi connectivity index (χ0) is 15.7. The van der Waals surface area contributed by atoms with Crippen LogP contribution in [0.25, 0.3) is 0 Å². The van der Waals surface area contributed by atoms with Gasteiger partial charge in [0, 0.05) is 39.3 Å². The first-order chi connectivity index (χ1) is 10.1. The van der Waals surface area contributed by atoms with Crippen LogP contribution in [0.15, 0.2) is 30.3 Å². The van der Waals surface area contributed by atoms with E-state index in [2.05, 4.69) is 47.5 Å². The van der Waals surface area contributed by atoms with Crippen LogP contribution in [0, 0.1) is 11.8 Å². The molecule has 0 aliphatic heterocycles. The van der Waals surface area contributed by atoms with Gasteiger partial charge in [-0.3, -0.25) is 9.89 Å². The third kappa shape index (κ3) is 6.80. The van der Waals surface area contributed by atoms with Gasteiger partial charge >= 0.3 is 0 Å². The molecule has 0 saturated heterocycles. The monoisotopic (exact) mass is 292 g/mol. The molecule has 1 aliphatic rings. The van der Waals surface area contributed by atoms with Crippen LogP contribution >= 0.6 is 0 Å². The highest BCUT2D eigenvalue weighted by Gasteiger charge is 2.22. The fourth-order valence-corrected chi connectivity index (χ4v) is 2.45. The Morgan fingerprint density at radius 1 is 1.24 bits per heavy atom. The first-order valence-corrected chi connectivity index (χ1v) is 8.02. The molecule has 21 heavy (non-hydrogen) atoms.